The normalized spacial score (nSPS) is 12.8. The average Bonchev–Trinajstić information content (AvgIpc) is 3.82. The minimum atomic E-state index is -0.112. The van der Waals surface area contributed by atoms with Crippen LogP contribution in [0.25, 0.3) is 50.1 Å². The van der Waals surface area contributed by atoms with E-state index < -0.39 is 0 Å². The molecule has 310 valence electrons. The number of hydrogen-bond donors (Lipinski definition) is 0. The van der Waals surface area contributed by atoms with E-state index in [1.54, 1.807) is 0 Å². The molecule has 6 nitrogen and oxygen atoms in total. The monoisotopic (exact) mass is 986 g/mol. The zero-order chi connectivity index (χ0) is 41.9. The van der Waals surface area contributed by atoms with E-state index >= 15 is 0 Å². The van der Waals surface area contributed by atoms with Crippen molar-refractivity contribution in [1.82, 2.24) is 19.5 Å². The van der Waals surface area contributed by atoms with Crippen molar-refractivity contribution in [3.63, 3.8) is 0 Å². The number of para-hydroxylation sites is 4. The number of fused-ring (bicyclic) bond motifs is 4. The third-order valence-electron chi connectivity index (χ3n) is 11.7. The Labute approximate surface area is 379 Å². The second-order valence-corrected chi connectivity index (χ2v) is 17.9. The maximum atomic E-state index is 4.91. The fourth-order valence-corrected chi connectivity index (χ4v) is 8.50. The molecule has 7 heteroatoms. The molecule has 0 saturated carbocycles. The van der Waals surface area contributed by atoms with Gasteiger partial charge in [-0.3, -0.25) is 9.97 Å². The predicted molar refractivity (Wildman–Crippen MR) is 251 cm³/mol. The summed E-state index contributed by atoms with van der Waals surface area (Å²) in [5, 5.41) is 2.35. The van der Waals surface area contributed by atoms with Gasteiger partial charge in [-0.1, -0.05) is 108 Å². The molecule has 0 unspecified atom stereocenters. The van der Waals surface area contributed by atoms with Crippen LogP contribution in [-0.2, 0) is 38.3 Å². The van der Waals surface area contributed by atoms with Crippen molar-refractivity contribution in [3.8, 4) is 28.3 Å². The Hall–Kier alpha value is -6.36. The fraction of sp³-hybridized carbons (Fsp3) is 0.164. The van der Waals surface area contributed by atoms with Crippen molar-refractivity contribution in [2.24, 2.45) is 0 Å². The smallest absolute Gasteiger partial charge is 0.135 e. The van der Waals surface area contributed by atoms with E-state index in [-0.39, 0.29) is 31.9 Å². The van der Waals surface area contributed by atoms with E-state index in [0.717, 1.165) is 78.6 Å². The third-order valence-corrected chi connectivity index (χ3v) is 11.7. The van der Waals surface area contributed by atoms with E-state index in [1.165, 1.54) is 16.5 Å². The van der Waals surface area contributed by atoms with E-state index in [9.17, 15) is 0 Å². The largest absolute Gasteiger partial charge is 0.493 e. The van der Waals surface area contributed by atoms with Gasteiger partial charge in [0.15, 0.2) is 0 Å². The summed E-state index contributed by atoms with van der Waals surface area (Å²) in [6, 6.07) is 56.9. The van der Waals surface area contributed by atoms with Crippen LogP contribution in [0.2, 0.25) is 0 Å². The van der Waals surface area contributed by atoms with E-state index in [0.29, 0.717) is 6.42 Å². The first-order chi connectivity index (χ1) is 29.5. The fourth-order valence-electron chi connectivity index (χ4n) is 8.50. The molecular formula is C55H47N6Pt-3. The molecule has 62 heavy (non-hydrogen) atoms. The molecule has 5 aromatic carbocycles. The standard InChI is InChI=1S/C55H47N6.Pt/c1-54(2,3)39-26-29-58-52(35-39)61-48-21-8-7-16-42(48)43-25-24-37(33-51(43)61)30-38-31-40(55(4,5)6)34-41(32-38)59-36-60(50-23-10-9-22-49(50)59)53-44(46-19-11-13-27-56-46)17-15-18-45(53)47-20-12-14-28-57-47;/h7-29,31,34-36H,30H2,1-6H3;/q-3;. The molecule has 0 N–H and O–H groups in total. The zero-order valence-corrected chi connectivity index (χ0v) is 38.1. The number of aromatic nitrogens is 4. The molecule has 0 saturated heterocycles. The van der Waals surface area contributed by atoms with Crippen molar-refractivity contribution in [2.45, 2.75) is 58.8 Å². The van der Waals surface area contributed by atoms with Crippen LogP contribution in [0.1, 0.15) is 63.8 Å². The summed E-state index contributed by atoms with van der Waals surface area (Å²) >= 11 is 0. The minimum Gasteiger partial charge on any atom is -0.493 e. The topological polar surface area (TPSA) is 50.1 Å². The number of rotatable bonds is 7. The van der Waals surface area contributed by atoms with E-state index in [1.807, 2.05) is 42.9 Å². The van der Waals surface area contributed by atoms with Crippen LogP contribution < -0.4 is 9.80 Å². The molecule has 1 aliphatic heterocycles. The van der Waals surface area contributed by atoms with Crippen molar-refractivity contribution in [3.05, 3.63) is 199 Å². The van der Waals surface area contributed by atoms with Gasteiger partial charge in [0.1, 0.15) is 5.82 Å². The Morgan fingerprint density at radius 1 is 0.532 bits per heavy atom. The predicted octanol–water partition coefficient (Wildman–Crippen LogP) is 13.5. The van der Waals surface area contributed by atoms with Crippen molar-refractivity contribution in [1.29, 1.82) is 0 Å². The van der Waals surface area contributed by atoms with Crippen molar-refractivity contribution < 1.29 is 21.1 Å². The molecule has 0 bridgehead atoms. The van der Waals surface area contributed by atoms with E-state index in [4.69, 9.17) is 15.0 Å². The van der Waals surface area contributed by atoms with Gasteiger partial charge in [-0.2, -0.15) is 47.0 Å². The minimum absolute atomic E-state index is 0. The van der Waals surface area contributed by atoms with Crippen LogP contribution in [0, 0.1) is 18.8 Å². The molecule has 5 heterocycles. The second kappa shape index (κ2) is 16.2. The van der Waals surface area contributed by atoms with Crippen LogP contribution in [0.3, 0.4) is 0 Å². The van der Waals surface area contributed by atoms with E-state index in [2.05, 4.69) is 190 Å². The Kier molecular flexibility index (Phi) is 10.7. The van der Waals surface area contributed by atoms with Gasteiger partial charge in [0.25, 0.3) is 0 Å². The molecule has 0 spiro atoms. The number of anilines is 4. The molecule has 0 aliphatic carbocycles. The van der Waals surface area contributed by atoms with Crippen LogP contribution in [0.5, 0.6) is 0 Å². The van der Waals surface area contributed by atoms with Gasteiger partial charge < -0.3 is 14.4 Å². The first kappa shape index (κ1) is 41.0. The molecule has 1 aliphatic rings. The van der Waals surface area contributed by atoms with Gasteiger partial charge in [0, 0.05) is 73.4 Å². The summed E-state index contributed by atoms with van der Waals surface area (Å²) in [5.74, 6) is 0.902. The van der Waals surface area contributed by atoms with Gasteiger partial charge >= 0.3 is 0 Å². The van der Waals surface area contributed by atoms with Gasteiger partial charge in [0.2, 0.25) is 0 Å². The van der Waals surface area contributed by atoms with Crippen molar-refractivity contribution in [2.75, 3.05) is 9.80 Å². The zero-order valence-electron chi connectivity index (χ0n) is 35.8. The SMILES string of the molecule is CC(C)(C)c1cc(Cc2[c-]c3c(cc2)c2ccccc2n3-c2cc(C(C)(C)C)ccn2)[c-]c(N2[CH-]N(c3c(-c4ccccn4)cccc3-c3ccccn3)c3ccccc32)c1.[Pt]. The summed E-state index contributed by atoms with van der Waals surface area (Å²) < 4.78 is 2.27. The molecular weight excluding hydrogens is 940 g/mol. The molecule has 0 amide bonds. The Balaban J connectivity index is 0.00000490. The van der Waals surface area contributed by atoms with Crippen molar-refractivity contribution >= 4 is 44.6 Å². The maximum Gasteiger partial charge on any atom is 0.135 e. The summed E-state index contributed by atoms with van der Waals surface area (Å²) in [4.78, 5) is 19.1. The van der Waals surface area contributed by atoms with Crippen LogP contribution in [0.15, 0.2) is 158 Å². The van der Waals surface area contributed by atoms with Gasteiger partial charge in [-0.15, -0.1) is 23.8 Å². The maximum absolute atomic E-state index is 4.91. The number of pyridine rings is 3. The average molecular weight is 987 g/mol. The number of benzene rings is 5. The number of hydrogen-bond acceptors (Lipinski definition) is 5. The molecule has 9 aromatic rings. The quantitative estimate of drug-likeness (QED) is 0.149. The van der Waals surface area contributed by atoms with Crippen LogP contribution in [-0.4, -0.2) is 19.5 Å². The molecule has 4 aromatic heterocycles. The first-order valence-electron chi connectivity index (χ1n) is 21.0. The summed E-state index contributed by atoms with van der Waals surface area (Å²) in [5.41, 5.74) is 14.7. The molecule has 0 radical (unpaired) electrons. The molecule has 0 atom stereocenters. The first-order valence-corrected chi connectivity index (χ1v) is 21.0. The Bertz CT molecular complexity index is 3010. The summed E-state index contributed by atoms with van der Waals surface area (Å²) in [7, 11) is 0. The Morgan fingerprint density at radius 3 is 1.84 bits per heavy atom. The van der Waals surface area contributed by atoms with Gasteiger partial charge in [-0.25, -0.2) is 4.98 Å². The molecule has 10 rings (SSSR count). The summed E-state index contributed by atoms with van der Waals surface area (Å²) in [6.07, 6.45) is 6.30. The van der Waals surface area contributed by atoms with Crippen LogP contribution in [0.4, 0.5) is 22.7 Å². The van der Waals surface area contributed by atoms with Crippen LogP contribution >= 0.6 is 0 Å². The number of nitrogens with zero attached hydrogens (tertiary/aromatic N) is 6. The summed E-state index contributed by atoms with van der Waals surface area (Å²) in [6.45, 7) is 15.8. The Morgan fingerprint density at radius 2 is 1.18 bits per heavy atom. The molecule has 0 fully saturated rings. The van der Waals surface area contributed by atoms with Gasteiger partial charge in [0.05, 0.1) is 11.4 Å². The van der Waals surface area contributed by atoms with Gasteiger partial charge in [-0.05, 0) is 82.8 Å². The second-order valence-electron chi connectivity index (χ2n) is 17.9. The third kappa shape index (κ3) is 7.51.